The maximum absolute atomic E-state index is 11.7. The molecule has 18 heavy (non-hydrogen) atoms. The normalized spacial score (nSPS) is 9.56. The van der Waals surface area contributed by atoms with E-state index in [1.54, 1.807) is 0 Å². The lowest BCUT2D eigenvalue weighted by Gasteiger charge is -2.20. The summed E-state index contributed by atoms with van der Waals surface area (Å²) in [4.78, 5) is 23.5. The van der Waals surface area contributed by atoms with E-state index in [2.05, 4.69) is 11.2 Å². The molecule has 0 heterocycles. The maximum atomic E-state index is 11.7. The van der Waals surface area contributed by atoms with Crippen LogP contribution in [0.1, 0.15) is 0 Å². The van der Waals surface area contributed by atoms with E-state index in [9.17, 15) is 9.59 Å². The summed E-state index contributed by atoms with van der Waals surface area (Å²) in [5.41, 5.74) is 0. The summed E-state index contributed by atoms with van der Waals surface area (Å²) in [6, 6.07) is -0.407. The lowest BCUT2D eigenvalue weighted by molar-refractivity contribution is -0.137. The number of amides is 2. The van der Waals surface area contributed by atoms with Crippen molar-refractivity contribution in [2.24, 2.45) is 0 Å². The molecule has 0 rings (SSSR count). The first-order chi connectivity index (χ1) is 8.61. The minimum Gasteiger partial charge on any atom is -0.480 e. The SMILES string of the molecule is C#CCSCCNC(=O)N(CCOC)CC(=O)O. The lowest BCUT2D eigenvalue weighted by atomic mass is 10.5. The number of carbonyl (C=O) groups is 2. The summed E-state index contributed by atoms with van der Waals surface area (Å²) in [6.07, 6.45) is 5.08. The Kier molecular flexibility index (Phi) is 9.91. The van der Waals surface area contributed by atoms with E-state index in [0.717, 1.165) is 0 Å². The van der Waals surface area contributed by atoms with Crippen molar-refractivity contribution in [2.45, 2.75) is 0 Å². The predicted octanol–water partition coefficient (Wildman–Crippen LogP) is 0.0954. The van der Waals surface area contributed by atoms with E-state index in [-0.39, 0.29) is 13.1 Å². The Morgan fingerprint density at radius 1 is 1.56 bits per heavy atom. The summed E-state index contributed by atoms with van der Waals surface area (Å²) in [5, 5.41) is 11.3. The third-order valence-electron chi connectivity index (χ3n) is 1.89. The standard InChI is InChI=1S/C11H18N2O4S/c1-3-7-18-8-4-12-11(16)13(5-6-17-2)9-10(14)15/h1H,4-9H2,2H3,(H,12,16)(H,14,15). The Balaban J connectivity index is 3.96. The third-order valence-corrected chi connectivity index (χ3v) is 2.75. The largest absolute Gasteiger partial charge is 0.480 e. The predicted molar refractivity (Wildman–Crippen MR) is 70.6 cm³/mol. The van der Waals surface area contributed by atoms with Crippen molar-refractivity contribution in [1.29, 1.82) is 0 Å². The van der Waals surface area contributed by atoms with Crippen LogP contribution in [0, 0.1) is 12.3 Å². The van der Waals surface area contributed by atoms with E-state index in [1.807, 2.05) is 0 Å². The molecule has 0 aliphatic heterocycles. The minimum absolute atomic E-state index is 0.242. The molecule has 0 aromatic heterocycles. The lowest BCUT2D eigenvalue weighted by Crippen LogP contribution is -2.44. The van der Waals surface area contributed by atoms with E-state index in [0.29, 0.717) is 24.7 Å². The van der Waals surface area contributed by atoms with Gasteiger partial charge in [-0.05, 0) is 0 Å². The van der Waals surface area contributed by atoms with Gasteiger partial charge in [0, 0.05) is 26.0 Å². The van der Waals surface area contributed by atoms with Crippen LogP contribution >= 0.6 is 11.8 Å². The van der Waals surface area contributed by atoms with Crippen LogP contribution in [0.25, 0.3) is 0 Å². The van der Waals surface area contributed by atoms with Crippen molar-refractivity contribution in [3.05, 3.63) is 0 Å². The number of urea groups is 1. The number of terminal acetylenes is 1. The smallest absolute Gasteiger partial charge is 0.323 e. The van der Waals surface area contributed by atoms with Crippen LogP contribution < -0.4 is 5.32 Å². The molecule has 0 aromatic carbocycles. The molecule has 0 aliphatic rings. The highest BCUT2D eigenvalue weighted by molar-refractivity contribution is 7.99. The first-order valence-corrected chi connectivity index (χ1v) is 6.52. The quantitative estimate of drug-likeness (QED) is 0.460. The van der Waals surface area contributed by atoms with Crippen molar-refractivity contribution in [2.75, 3.05) is 44.9 Å². The van der Waals surface area contributed by atoms with Crippen molar-refractivity contribution >= 4 is 23.8 Å². The fourth-order valence-corrected chi connectivity index (χ4v) is 1.60. The molecule has 0 spiro atoms. The average Bonchev–Trinajstić information content (AvgIpc) is 2.33. The van der Waals surface area contributed by atoms with Crippen molar-refractivity contribution in [3.8, 4) is 12.3 Å². The van der Waals surface area contributed by atoms with Gasteiger partial charge in [-0.25, -0.2) is 4.79 Å². The third kappa shape index (κ3) is 8.73. The van der Waals surface area contributed by atoms with Gasteiger partial charge in [0.25, 0.3) is 0 Å². The van der Waals surface area contributed by atoms with Crippen LogP contribution in [-0.4, -0.2) is 66.9 Å². The van der Waals surface area contributed by atoms with Gasteiger partial charge in [-0.2, -0.15) is 0 Å². The number of carboxylic acids is 1. The maximum Gasteiger partial charge on any atom is 0.323 e. The van der Waals surface area contributed by atoms with Gasteiger partial charge in [0.1, 0.15) is 6.54 Å². The number of nitrogens with one attached hydrogen (secondary N) is 1. The molecule has 7 heteroatoms. The van der Waals surface area contributed by atoms with Gasteiger partial charge in [-0.1, -0.05) is 5.92 Å². The fraction of sp³-hybridized carbons (Fsp3) is 0.636. The number of carbonyl (C=O) groups excluding carboxylic acids is 1. The van der Waals surface area contributed by atoms with Crippen LogP contribution in [-0.2, 0) is 9.53 Å². The number of ether oxygens (including phenoxy) is 1. The summed E-state index contributed by atoms with van der Waals surface area (Å²) in [6.45, 7) is 0.652. The van der Waals surface area contributed by atoms with Gasteiger partial charge in [-0.3, -0.25) is 4.79 Å². The minimum atomic E-state index is -1.05. The van der Waals surface area contributed by atoms with Crippen LogP contribution in [0.4, 0.5) is 4.79 Å². The highest BCUT2D eigenvalue weighted by Crippen LogP contribution is 1.96. The molecular weight excluding hydrogens is 256 g/mol. The molecule has 102 valence electrons. The number of hydrogen-bond acceptors (Lipinski definition) is 4. The van der Waals surface area contributed by atoms with E-state index in [1.165, 1.54) is 23.8 Å². The number of hydrogen-bond donors (Lipinski definition) is 2. The molecule has 6 nitrogen and oxygen atoms in total. The number of thioether (sulfide) groups is 1. The molecule has 0 saturated carbocycles. The molecule has 0 atom stereocenters. The number of rotatable bonds is 9. The van der Waals surface area contributed by atoms with E-state index < -0.39 is 12.0 Å². The van der Waals surface area contributed by atoms with Gasteiger partial charge >= 0.3 is 12.0 Å². The van der Waals surface area contributed by atoms with E-state index >= 15 is 0 Å². The van der Waals surface area contributed by atoms with E-state index in [4.69, 9.17) is 16.3 Å². The zero-order valence-corrected chi connectivity index (χ0v) is 11.2. The molecule has 0 unspecified atom stereocenters. The molecule has 2 amide bonds. The topological polar surface area (TPSA) is 78.9 Å². The van der Waals surface area contributed by atoms with Gasteiger partial charge in [0.05, 0.1) is 12.4 Å². The number of nitrogens with zero attached hydrogens (tertiary/aromatic N) is 1. The van der Waals surface area contributed by atoms with Crippen molar-refractivity contribution < 1.29 is 19.4 Å². The Morgan fingerprint density at radius 2 is 2.28 bits per heavy atom. The molecule has 0 fully saturated rings. The second kappa shape index (κ2) is 10.7. The average molecular weight is 274 g/mol. The molecule has 0 aliphatic carbocycles. The number of methoxy groups -OCH3 is 1. The summed E-state index contributed by atoms with van der Waals surface area (Å²) < 4.78 is 4.82. The van der Waals surface area contributed by atoms with Gasteiger partial charge in [-0.15, -0.1) is 18.2 Å². The molecule has 2 N–H and O–H groups in total. The van der Waals surface area contributed by atoms with Crippen LogP contribution in [0.15, 0.2) is 0 Å². The Hall–Kier alpha value is -1.39. The van der Waals surface area contributed by atoms with Gasteiger partial charge in [0.15, 0.2) is 0 Å². The summed E-state index contributed by atoms with van der Waals surface area (Å²) >= 11 is 1.53. The highest BCUT2D eigenvalue weighted by Gasteiger charge is 2.15. The number of aliphatic carboxylic acids is 1. The summed E-state index contributed by atoms with van der Waals surface area (Å²) in [7, 11) is 1.49. The highest BCUT2D eigenvalue weighted by atomic mass is 32.2. The second-order valence-corrected chi connectivity index (χ2v) is 4.40. The molecule has 0 bridgehead atoms. The second-order valence-electron chi connectivity index (χ2n) is 3.30. The van der Waals surface area contributed by atoms with Crippen LogP contribution in [0.3, 0.4) is 0 Å². The molecule has 0 saturated heterocycles. The molecular formula is C11H18N2O4S. The van der Waals surface area contributed by atoms with Crippen molar-refractivity contribution in [1.82, 2.24) is 10.2 Å². The summed E-state index contributed by atoms with van der Waals surface area (Å²) in [5.74, 6) is 2.72. The van der Waals surface area contributed by atoms with Gasteiger partial charge < -0.3 is 20.1 Å². The fourth-order valence-electron chi connectivity index (χ4n) is 1.09. The Labute approximate surface area is 111 Å². The first kappa shape index (κ1) is 16.6. The zero-order valence-electron chi connectivity index (χ0n) is 10.3. The Morgan fingerprint density at radius 3 is 2.83 bits per heavy atom. The molecule has 0 aromatic rings. The number of carboxylic acid groups (broad SMARTS) is 1. The first-order valence-electron chi connectivity index (χ1n) is 5.36. The molecule has 0 radical (unpaired) electrons. The van der Waals surface area contributed by atoms with Gasteiger partial charge in [0.2, 0.25) is 0 Å². The van der Waals surface area contributed by atoms with Crippen LogP contribution in [0.5, 0.6) is 0 Å². The Bertz CT molecular complexity index is 304. The van der Waals surface area contributed by atoms with Crippen molar-refractivity contribution in [3.63, 3.8) is 0 Å². The van der Waals surface area contributed by atoms with Crippen LogP contribution in [0.2, 0.25) is 0 Å². The zero-order chi connectivity index (χ0) is 13.8. The monoisotopic (exact) mass is 274 g/mol.